The molecule has 1 aliphatic rings. The zero-order valence-electron chi connectivity index (χ0n) is 18.4. The molecule has 1 aliphatic heterocycles. The lowest BCUT2D eigenvalue weighted by Gasteiger charge is -2.20. The van der Waals surface area contributed by atoms with Gasteiger partial charge in [-0.25, -0.2) is 9.97 Å². The van der Waals surface area contributed by atoms with Crippen LogP contribution in [0.25, 0.3) is 0 Å². The van der Waals surface area contributed by atoms with E-state index in [0.717, 1.165) is 60.3 Å². The molecule has 1 atom stereocenters. The van der Waals surface area contributed by atoms with Crippen molar-refractivity contribution in [1.82, 2.24) is 20.2 Å². The normalized spacial score (nSPS) is 15.3. The van der Waals surface area contributed by atoms with E-state index in [1.165, 1.54) is 12.8 Å². The highest BCUT2D eigenvalue weighted by atomic mass is 16.5. The Hall–Kier alpha value is -2.22. The summed E-state index contributed by atoms with van der Waals surface area (Å²) in [6.45, 7) is 8.47. The van der Waals surface area contributed by atoms with Gasteiger partial charge in [0, 0.05) is 49.1 Å². The van der Waals surface area contributed by atoms with Crippen LogP contribution in [0.4, 0.5) is 0 Å². The molecule has 164 valence electrons. The van der Waals surface area contributed by atoms with E-state index in [0.29, 0.717) is 13.1 Å². The fourth-order valence-electron chi connectivity index (χ4n) is 3.78. The number of nitrogens with zero attached hydrogens (tertiary/aromatic N) is 3. The maximum atomic E-state index is 10.3. The van der Waals surface area contributed by atoms with Gasteiger partial charge >= 0.3 is 0 Å². The third kappa shape index (κ3) is 6.93. The molecule has 0 amide bonds. The lowest BCUT2D eigenvalue weighted by Crippen LogP contribution is -2.33. The topological polar surface area (TPSA) is 79.7 Å². The highest BCUT2D eigenvalue weighted by molar-refractivity contribution is 5.40. The summed E-state index contributed by atoms with van der Waals surface area (Å²) in [4.78, 5) is 11.3. The number of aryl methyl sites for hydroxylation is 2. The van der Waals surface area contributed by atoms with Gasteiger partial charge in [0.1, 0.15) is 30.0 Å². The molecule has 3 rings (SSSR count). The van der Waals surface area contributed by atoms with E-state index in [4.69, 9.17) is 9.47 Å². The Bertz CT molecular complexity index is 789. The minimum atomic E-state index is -0.503. The fourth-order valence-corrected chi connectivity index (χ4v) is 3.78. The quantitative estimate of drug-likeness (QED) is 0.546. The third-order valence-corrected chi connectivity index (χ3v) is 5.24. The Morgan fingerprint density at radius 1 is 1.13 bits per heavy atom. The fraction of sp³-hybridized carbons (Fsp3) is 0.565. The Balaban J connectivity index is 1.51. The van der Waals surface area contributed by atoms with Crippen molar-refractivity contribution >= 4 is 0 Å². The van der Waals surface area contributed by atoms with Crippen molar-refractivity contribution < 1.29 is 14.6 Å². The molecule has 2 heterocycles. The Morgan fingerprint density at radius 3 is 2.57 bits per heavy atom. The molecule has 0 saturated carbocycles. The smallest absolute Gasteiger partial charge is 0.130 e. The van der Waals surface area contributed by atoms with Gasteiger partial charge in [0.15, 0.2) is 0 Å². The van der Waals surface area contributed by atoms with E-state index in [2.05, 4.69) is 20.2 Å². The summed E-state index contributed by atoms with van der Waals surface area (Å²) in [6.07, 6.45) is 2.69. The van der Waals surface area contributed by atoms with Crippen LogP contribution in [0, 0.1) is 13.8 Å². The number of aliphatic hydroxyl groups is 1. The van der Waals surface area contributed by atoms with Crippen LogP contribution in [0.3, 0.4) is 0 Å². The van der Waals surface area contributed by atoms with Gasteiger partial charge in [-0.1, -0.05) is 6.07 Å². The number of β-amino-alcohol motifs (C(OH)–C–C–N with tert-alkyl or cyclic N) is 1. The number of ether oxygens (including phenoxy) is 2. The highest BCUT2D eigenvalue weighted by Gasteiger charge is 2.17. The summed E-state index contributed by atoms with van der Waals surface area (Å²) >= 11 is 0. The molecular weight excluding hydrogens is 380 g/mol. The van der Waals surface area contributed by atoms with Crippen molar-refractivity contribution in [3.63, 3.8) is 0 Å². The largest absolute Gasteiger partial charge is 0.497 e. The standard InChI is InChI=1S/C23H34N4O3/c1-17-12-18(2)26-23(25-17)8-9-24-14-19-6-7-21(29-3)13-22(19)30-16-20(28)15-27-10-4-5-11-27/h6-7,12-13,20,24,28H,4-5,8-11,14-16H2,1-3H3. The molecule has 1 aromatic heterocycles. The minimum absolute atomic E-state index is 0.271. The molecule has 1 fully saturated rings. The van der Waals surface area contributed by atoms with Crippen molar-refractivity contribution in [2.45, 2.75) is 45.8 Å². The number of likely N-dealkylation sites (tertiary alicyclic amines) is 1. The number of aliphatic hydroxyl groups excluding tert-OH is 1. The number of methoxy groups -OCH3 is 1. The monoisotopic (exact) mass is 414 g/mol. The van der Waals surface area contributed by atoms with Gasteiger partial charge in [-0.15, -0.1) is 0 Å². The zero-order chi connectivity index (χ0) is 21.3. The number of aromatic nitrogens is 2. The zero-order valence-corrected chi connectivity index (χ0v) is 18.4. The predicted octanol–water partition coefficient (Wildman–Crippen LogP) is 2.27. The predicted molar refractivity (Wildman–Crippen MR) is 117 cm³/mol. The molecule has 2 aromatic rings. The summed E-state index contributed by atoms with van der Waals surface area (Å²) in [6, 6.07) is 7.79. The van der Waals surface area contributed by atoms with Gasteiger partial charge in [0.05, 0.1) is 7.11 Å². The molecule has 0 bridgehead atoms. The maximum Gasteiger partial charge on any atom is 0.130 e. The van der Waals surface area contributed by atoms with Crippen LogP contribution in [-0.4, -0.2) is 66.0 Å². The summed E-state index contributed by atoms with van der Waals surface area (Å²) in [5.74, 6) is 2.34. The second-order valence-corrected chi connectivity index (χ2v) is 7.94. The summed E-state index contributed by atoms with van der Waals surface area (Å²) in [5, 5.41) is 13.8. The first-order valence-corrected chi connectivity index (χ1v) is 10.8. The highest BCUT2D eigenvalue weighted by Crippen LogP contribution is 2.25. The second kappa shape index (κ2) is 11.2. The van der Waals surface area contributed by atoms with Gasteiger partial charge < -0.3 is 24.8 Å². The van der Waals surface area contributed by atoms with Crippen molar-refractivity contribution in [1.29, 1.82) is 0 Å². The minimum Gasteiger partial charge on any atom is -0.497 e. The molecule has 1 unspecified atom stereocenters. The van der Waals surface area contributed by atoms with E-state index >= 15 is 0 Å². The van der Waals surface area contributed by atoms with Crippen LogP contribution in [0.5, 0.6) is 11.5 Å². The molecular formula is C23H34N4O3. The number of rotatable bonds is 11. The van der Waals surface area contributed by atoms with Crippen LogP contribution >= 0.6 is 0 Å². The lowest BCUT2D eigenvalue weighted by molar-refractivity contribution is 0.0753. The average Bonchev–Trinajstić information content (AvgIpc) is 3.22. The number of benzene rings is 1. The van der Waals surface area contributed by atoms with Crippen LogP contribution < -0.4 is 14.8 Å². The van der Waals surface area contributed by atoms with Gasteiger partial charge in [-0.05, 0) is 51.9 Å². The van der Waals surface area contributed by atoms with Crippen molar-refractivity contribution in [3.8, 4) is 11.5 Å². The molecule has 0 aliphatic carbocycles. The first-order valence-electron chi connectivity index (χ1n) is 10.8. The van der Waals surface area contributed by atoms with E-state index in [1.807, 2.05) is 38.1 Å². The molecule has 30 heavy (non-hydrogen) atoms. The van der Waals surface area contributed by atoms with Gasteiger partial charge in [0.2, 0.25) is 0 Å². The molecule has 1 aromatic carbocycles. The van der Waals surface area contributed by atoms with Crippen LogP contribution in [0.15, 0.2) is 24.3 Å². The Morgan fingerprint density at radius 2 is 1.87 bits per heavy atom. The van der Waals surface area contributed by atoms with Gasteiger partial charge in [0.25, 0.3) is 0 Å². The summed E-state index contributed by atoms with van der Waals surface area (Å²) in [7, 11) is 1.64. The molecule has 2 N–H and O–H groups in total. The number of nitrogens with one attached hydrogen (secondary N) is 1. The molecule has 1 saturated heterocycles. The van der Waals surface area contributed by atoms with Gasteiger partial charge in [-0.3, -0.25) is 0 Å². The lowest BCUT2D eigenvalue weighted by atomic mass is 10.2. The Kier molecular flexibility index (Phi) is 8.42. The van der Waals surface area contributed by atoms with Crippen molar-refractivity contribution in [3.05, 3.63) is 47.0 Å². The molecule has 7 nitrogen and oxygen atoms in total. The van der Waals surface area contributed by atoms with E-state index < -0.39 is 6.10 Å². The third-order valence-electron chi connectivity index (χ3n) is 5.24. The van der Waals surface area contributed by atoms with Crippen molar-refractivity contribution in [2.24, 2.45) is 0 Å². The first-order chi connectivity index (χ1) is 14.5. The molecule has 7 heteroatoms. The van der Waals surface area contributed by atoms with E-state index in [-0.39, 0.29) is 6.61 Å². The van der Waals surface area contributed by atoms with E-state index in [1.54, 1.807) is 7.11 Å². The average molecular weight is 415 g/mol. The molecule has 0 spiro atoms. The second-order valence-electron chi connectivity index (χ2n) is 7.94. The Labute approximate surface area is 179 Å². The summed E-state index contributed by atoms with van der Waals surface area (Å²) in [5.41, 5.74) is 3.03. The van der Waals surface area contributed by atoms with Crippen LogP contribution in [-0.2, 0) is 13.0 Å². The van der Waals surface area contributed by atoms with Crippen molar-refractivity contribution in [2.75, 3.05) is 39.9 Å². The van der Waals surface area contributed by atoms with E-state index in [9.17, 15) is 5.11 Å². The SMILES string of the molecule is COc1ccc(CNCCc2nc(C)cc(C)n2)c(OCC(O)CN2CCCC2)c1. The first kappa shape index (κ1) is 22.5. The van der Waals surface area contributed by atoms with Crippen LogP contribution in [0.1, 0.15) is 35.6 Å². The maximum absolute atomic E-state index is 10.3. The van der Waals surface area contributed by atoms with Crippen LogP contribution in [0.2, 0.25) is 0 Å². The van der Waals surface area contributed by atoms with Gasteiger partial charge in [-0.2, -0.15) is 0 Å². The summed E-state index contributed by atoms with van der Waals surface area (Å²) < 4.78 is 11.3. The number of hydrogen-bond donors (Lipinski definition) is 2. The number of hydrogen-bond acceptors (Lipinski definition) is 7. The molecule has 0 radical (unpaired) electrons.